The third-order valence-electron chi connectivity index (χ3n) is 4.08. The van der Waals surface area contributed by atoms with Crippen molar-refractivity contribution in [1.82, 2.24) is 5.32 Å². The molecule has 0 saturated heterocycles. The van der Waals surface area contributed by atoms with Crippen molar-refractivity contribution in [2.45, 2.75) is 39.0 Å². The summed E-state index contributed by atoms with van der Waals surface area (Å²) >= 11 is 13.8. The predicted octanol–water partition coefficient (Wildman–Crippen LogP) is 5.67. The number of hydrogen-bond donors (Lipinski definition) is 1. The lowest BCUT2D eigenvalue weighted by molar-refractivity contribution is -0.118. The fourth-order valence-electron chi connectivity index (χ4n) is 2.57. The van der Waals surface area contributed by atoms with Crippen LogP contribution in [0.25, 0.3) is 0 Å². The van der Waals surface area contributed by atoms with Crippen molar-refractivity contribution in [3.8, 4) is 0 Å². The molecule has 1 amide bonds. The van der Waals surface area contributed by atoms with Gasteiger partial charge in [-0.2, -0.15) is 0 Å². The standard InChI is InChI=1S/C20H23Cl2NOS/c1-3-14-8-9-15(4-2)16(10-14)11-23-20(24)13-25-12-17-18(21)6-5-7-19(17)22/h5-10H,3-4,11-13H2,1-2H3,(H,23,24). The van der Waals surface area contributed by atoms with Gasteiger partial charge in [-0.25, -0.2) is 0 Å². The van der Waals surface area contributed by atoms with E-state index in [1.165, 1.54) is 28.5 Å². The number of rotatable bonds is 8. The van der Waals surface area contributed by atoms with Gasteiger partial charge >= 0.3 is 0 Å². The molecule has 2 aromatic carbocycles. The summed E-state index contributed by atoms with van der Waals surface area (Å²) in [7, 11) is 0. The average molecular weight is 396 g/mol. The number of thioether (sulfide) groups is 1. The highest BCUT2D eigenvalue weighted by Crippen LogP contribution is 2.28. The zero-order chi connectivity index (χ0) is 18.2. The molecule has 5 heteroatoms. The Morgan fingerprint density at radius 3 is 2.40 bits per heavy atom. The van der Waals surface area contributed by atoms with Crippen LogP contribution in [0.1, 0.15) is 36.1 Å². The maximum absolute atomic E-state index is 12.1. The topological polar surface area (TPSA) is 29.1 Å². The molecule has 1 N–H and O–H groups in total. The molecule has 0 aliphatic rings. The molecule has 2 nitrogen and oxygen atoms in total. The molecular weight excluding hydrogens is 373 g/mol. The molecule has 2 rings (SSSR count). The smallest absolute Gasteiger partial charge is 0.230 e. The summed E-state index contributed by atoms with van der Waals surface area (Å²) < 4.78 is 0. The number of carbonyl (C=O) groups excluding carboxylic acids is 1. The SMILES string of the molecule is CCc1ccc(CC)c(CNC(=O)CSCc2c(Cl)cccc2Cl)c1. The number of benzene rings is 2. The summed E-state index contributed by atoms with van der Waals surface area (Å²) in [5.41, 5.74) is 4.67. The van der Waals surface area contributed by atoms with Crippen LogP contribution >= 0.6 is 35.0 Å². The van der Waals surface area contributed by atoms with Crippen molar-refractivity contribution >= 4 is 40.9 Å². The summed E-state index contributed by atoms with van der Waals surface area (Å²) in [6.45, 7) is 4.85. The van der Waals surface area contributed by atoms with E-state index in [4.69, 9.17) is 23.2 Å². The second-order valence-electron chi connectivity index (χ2n) is 5.78. The molecular formula is C20H23Cl2NOS. The number of carbonyl (C=O) groups is 1. The van der Waals surface area contributed by atoms with Crippen molar-refractivity contribution in [3.63, 3.8) is 0 Å². The Labute approximate surface area is 164 Å². The molecule has 0 spiro atoms. The summed E-state index contributed by atoms with van der Waals surface area (Å²) in [5, 5.41) is 4.30. The van der Waals surface area contributed by atoms with Gasteiger partial charge in [-0.05, 0) is 47.2 Å². The molecule has 134 valence electrons. The first-order valence-corrected chi connectivity index (χ1v) is 10.3. The molecule has 0 atom stereocenters. The first-order valence-electron chi connectivity index (χ1n) is 8.43. The lowest BCUT2D eigenvalue weighted by Crippen LogP contribution is -2.25. The van der Waals surface area contributed by atoms with Gasteiger partial charge in [0, 0.05) is 22.3 Å². The minimum Gasteiger partial charge on any atom is -0.351 e. The van der Waals surface area contributed by atoms with E-state index in [1.54, 1.807) is 0 Å². The third kappa shape index (κ3) is 5.95. The van der Waals surface area contributed by atoms with Gasteiger partial charge < -0.3 is 5.32 Å². The van der Waals surface area contributed by atoms with Gasteiger partial charge in [-0.15, -0.1) is 11.8 Å². The van der Waals surface area contributed by atoms with Crippen molar-refractivity contribution in [3.05, 3.63) is 68.7 Å². The fraction of sp³-hybridized carbons (Fsp3) is 0.350. The molecule has 2 aromatic rings. The normalized spacial score (nSPS) is 10.7. The zero-order valence-electron chi connectivity index (χ0n) is 14.6. The van der Waals surface area contributed by atoms with Gasteiger partial charge in [0.05, 0.1) is 5.75 Å². The van der Waals surface area contributed by atoms with Crippen LogP contribution in [0.15, 0.2) is 36.4 Å². The molecule has 0 fully saturated rings. The van der Waals surface area contributed by atoms with Gasteiger partial charge in [0.15, 0.2) is 0 Å². The van der Waals surface area contributed by atoms with Crippen molar-refractivity contribution in [2.24, 2.45) is 0 Å². The first kappa shape index (κ1) is 20.2. The van der Waals surface area contributed by atoms with Crippen LogP contribution in [0.4, 0.5) is 0 Å². The molecule has 0 aliphatic heterocycles. The lowest BCUT2D eigenvalue weighted by Gasteiger charge is -2.12. The average Bonchev–Trinajstić information content (AvgIpc) is 2.62. The number of halogens is 2. The van der Waals surface area contributed by atoms with Gasteiger partial charge in [0.25, 0.3) is 0 Å². The Bertz CT molecular complexity index is 713. The number of amides is 1. The lowest BCUT2D eigenvalue weighted by atomic mass is 10.0. The summed E-state index contributed by atoms with van der Waals surface area (Å²) in [5.74, 6) is 1.03. The summed E-state index contributed by atoms with van der Waals surface area (Å²) in [4.78, 5) is 12.1. The minimum atomic E-state index is 0.0251. The van der Waals surface area contributed by atoms with Crippen molar-refractivity contribution in [1.29, 1.82) is 0 Å². The molecule has 0 bridgehead atoms. The van der Waals surface area contributed by atoms with E-state index in [1.807, 2.05) is 18.2 Å². The van der Waals surface area contributed by atoms with Crippen LogP contribution in [0.5, 0.6) is 0 Å². The second kappa shape index (κ2) is 10.1. The molecule has 0 heterocycles. The van der Waals surface area contributed by atoms with Crippen LogP contribution < -0.4 is 5.32 Å². The highest BCUT2D eigenvalue weighted by molar-refractivity contribution is 7.99. The maximum atomic E-state index is 12.1. The van der Waals surface area contributed by atoms with Crippen LogP contribution in [0.2, 0.25) is 10.0 Å². The van der Waals surface area contributed by atoms with E-state index < -0.39 is 0 Å². The van der Waals surface area contributed by atoms with Crippen molar-refractivity contribution < 1.29 is 4.79 Å². The van der Waals surface area contributed by atoms with Gasteiger partial charge in [-0.3, -0.25) is 4.79 Å². The summed E-state index contributed by atoms with van der Waals surface area (Å²) in [6.07, 6.45) is 1.97. The van der Waals surface area contributed by atoms with E-state index >= 15 is 0 Å². The Kier molecular flexibility index (Phi) is 8.14. The molecule has 0 aromatic heterocycles. The van der Waals surface area contributed by atoms with E-state index in [9.17, 15) is 4.79 Å². The van der Waals surface area contributed by atoms with Gasteiger partial charge in [0.1, 0.15) is 0 Å². The molecule has 0 unspecified atom stereocenters. The zero-order valence-corrected chi connectivity index (χ0v) is 16.9. The third-order valence-corrected chi connectivity index (χ3v) is 5.74. The number of hydrogen-bond acceptors (Lipinski definition) is 2. The highest BCUT2D eigenvalue weighted by Gasteiger charge is 2.09. The maximum Gasteiger partial charge on any atom is 0.230 e. The number of aryl methyl sites for hydroxylation is 2. The van der Waals surface area contributed by atoms with E-state index in [0.29, 0.717) is 28.1 Å². The summed E-state index contributed by atoms with van der Waals surface area (Å²) in [6, 6.07) is 12.0. The molecule has 0 aliphatic carbocycles. The highest BCUT2D eigenvalue weighted by atomic mass is 35.5. The van der Waals surface area contributed by atoms with E-state index in [0.717, 1.165) is 18.4 Å². The predicted molar refractivity (Wildman–Crippen MR) is 110 cm³/mol. The van der Waals surface area contributed by atoms with E-state index in [2.05, 4.69) is 37.4 Å². The Hall–Kier alpha value is -1.16. The monoisotopic (exact) mass is 395 g/mol. The van der Waals surface area contributed by atoms with E-state index in [-0.39, 0.29) is 5.91 Å². The minimum absolute atomic E-state index is 0.0251. The number of nitrogens with one attached hydrogen (secondary N) is 1. The first-order chi connectivity index (χ1) is 12.0. The fourth-order valence-corrected chi connectivity index (χ4v) is 4.16. The molecule has 25 heavy (non-hydrogen) atoms. The quantitative estimate of drug-likeness (QED) is 0.623. The Morgan fingerprint density at radius 2 is 1.76 bits per heavy atom. The van der Waals surface area contributed by atoms with Crippen LogP contribution in [-0.2, 0) is 29.9 Å². The second-order valence-corrected chi connectivity index (χ2v) is 7.58. The van der Waals surface area contributed by atoms with Crippen LogP contribution in [-0.4, -0.2) is 11.7 Å². The Morgan fingerprint density at radius 1 is 1.04 bits per heavy atom. The van der Waals surface area contributed by atoms with Gasteiger partial charge in [-0.1, -0.05) is 61.3 Å². The molecule has 0 radical (unpaired) electrons. The largest absolute Gasteiger partial charge is 0.351 e. The Balaban J connectivity index is 1.85. The van der Waals surface area contributed by atoms with Crippen LogP contribution in [0, 0.1) is 0 Å². The van der Waals surface area contributed by atoms with Crippen LogP contribution in [0.3, 0.4) is 0 Å². The van der Waals surface area contributed by atoms with Crippen molar-refractivity contribution in [2.75, 3.05) is 5.75 Å². The van der Waals surface area contributed by atoms with Gasteiger partial charge in [0.2, 0.25) is 5.91 Å². The molecule has 0 saturated carbocycles.